The van der Waals surface area contributed by atoms with Gasteiger partial charge in [-0.1, -0.05) is 37.6 Å². The van der Waals surface area contributed by atoms with E-state index in [0.717, 1.165) is 36.3 Å². The van der Waals surface area contributed by atoms with Crippen molar-refractivity contribution < 1.29 is 9.53 Å². The summed E-state index contributed by atoms with van der Waals surface area (Å²) in [6.07, 6.45) is 2.15. The molecule has 0 aromatic heterocycles. The fraction of sp³-hybridized carbons (Fsp3) is 0.316. The summed E-state index contributed by atoms with van der Waals surface area (Å²) in [5.41, 5.74) is 8.22. The fourth-order valence-corrected chi connectivity index (χ4v) is 2.16. The molecule has 0 unspecified atom stereocenters. The molecule has 0 bridgehead atoms. The number of carbonyl (C=O) groups excluding carboxylic acids is 1. The predicted molar refractivity (Wildman–Crippen MR) is 99.6 cm³/mol. The highest BCUT2D eigenvalue weighted by Crippen LogP contribution is 2.14. The number of hydrogen-bond donors (Lipinski definition) is 2. The Morgan fingerprint density at radius 2 is 1.88 bits per heavy atom. The van der Waals surface area contributed by atoms with E-state index in [0.29, 0.717) is 18.7 Å². The second-order valence-electron chi connectivity index (χ2n) is 5.43. The first kappa shape index (κ1) is 20.0. The summed E-state index contributed by atoms with van der Waals surface area (Å²) in [5, 5.41) is 2.92. The lowest BCUT2D eigenvalue weighted by Gasteiger charge is -2.09. The molecule has 0 radical (unpaired) electrons. The first-order valence-electron chi connectivity index (χ1n) is 8.02. The van der Waals surface area contributed by atoms with Crippen LogP contribution >= 0.6 is 12.4 Å². The molecule has 1 amide bonds. The van der Waals surface area contributed by atoms with Crippen LogP contribution < -0.4 is 15.8 Å². The minimum atomic E-state index is -0.0918. The molecular formula is C19H25ClN2O2. The molecule has 0 atom stereocenters. The third-order valence-corrected chi connectivity index (χ3v) is 3.57. The van der Waals surface area contributed by atoms with Crippen molar-refractivity contribution in [3.8, 4) is 5.75 Å². The van der Waals surface area contributed by atoms with Gasteiger partial charge in [-0.25, -0.2) is 0 Å². The van der Waals surface area contributed by atoms with Crippen molar-refractivity contribution in [2.75, 3.05) is 6.61 Å². The number of hydrogen-bond acceptors (Lipinski definition) is 3. The summed E-state index contributed by atoms with van der Waals surface area (Å²) >= 11 is 0. The quantitative estimate of drug-likeness (QED) is 0.715. The molecule has 0 saturated heterocycles. The van der Waals surface area contributed by atoms with E-state index < -0.39 is 0 Å². The highest BCUT2D eigenvalue weighted by Gasteiger charge is 2.05. The number of halogens is 1. The standard InChI is InChI=1S/C19H24N2O2.ClH/c1-2-3-11-23-18-6-4-5-16(12-18)14-21-19(22)17-9-7-15(13-20)8-10-17;/h4-10,12H,2-3,11,13-14,20H2,1H3,(H,21,22);1H. The van der Waals surface area contributed by atoms with Gasteiger partial charge < -0.3 is 15.8 Å². The minimum Gasteiger partial charge on any atom is -0.494 e. The van der Waals surface area contributed by atoms with E-state index >= 15 is 0 Å². The van der Waals surface area contributed by atoms with Crippen molar-refractivity contribution in [1.82, 2.24) is 5.32 Å². The van der Waals surface area contributed by atoms with Crippen LogP contribution in [0.15, 0.2) is 48.5 Å². The first-order valence-corrected chi connectivity index (χ1v) is 8.02. The summed E-state index contributed by atoms with van der Waals surface area (Å²) in [6.45, 7) is 3.81. The Labute approximate surface area is 149 Å². The molecule has 2 aromatic carbocycles. The van der Waals surface area contributed by atoms with Crippen LogP contribution in [0.1, 0.15) is 41.3 Å². The van der Waals surface area contributed by atoms with Gasteiger partial charge in [-0.3, -0.25) is 4.79 Å². The van der Waals surface area contributed by atoms with Gasteiger partial charge >= 0.3 is 0 Å². The van der Waals surface area contributed by atoms with Crippen molar-refractivity contribution >= 4 is 18.3 Å². The molecule has 2 aromatic rings. The number of ether oxygens (including phenoxy) is 1. The van der Waals surface area contributed by atoms with Crippen molar-refractivity contribution in [3.63, 3.8) is 0 Å². The molecule has 5 heteroatoms. The highest BCUT2D eigenvalue weighted by atomic mass is 35.5. The number of nitrogens with two attached hydrogens (primary N) is 1. The van der Waals surface area contributed by atoms with Crippen molar-refractivity contribution in [3.05, 3.63) is 65.2 Å². The average molecular weight is 349 g/mol. The zero-order chi connectivity index (χ0) is 16.5. The number of nitrogens with one attached hydrogen (secondary N) is 1. The summed E-state index contributed by atoms with van der Waals surface area (Å²) in [4.78, 5) is 12.1. The van der Waals surface area contributed by atoms with E-state index in [9.17, 15) is 4.79 Å². The molecule has 0 saturated carbocycles. The smallest absolute Gasteiger partial charge is 0.251 e. The Bertz CT molecular complexity index is 630. The SMILES string of the molecule is CCCCOc1cccc(CNC(=O)c2ccc(CN)cc2)c1.Cl. The maximum Gasteiger partial charge on any atom is 0.251 e. The molecule has 0 aliphatic rings. The number of rotatable bonds is 8. The maximum absolute atomic E-state index is 12.1. The van der Waals surface area contributed by atoms with Crippen LogP contribution in [0.4, 0.5) is 0 Å². The lowest BCUT2D eigenvalue weighted by atomic mass is 10.1. The summed E-state index contributed by atoms with van der Waals surface area (Å²) < 4.78 is 5.68. The Morgan fingerprint density at radius 1 is 1.12 bits per heavy atom. The van der Waals surface area contributed by atoms with Gasteiger partial charge in [0, 0.05) is 18.7 Å². The van der Waals surface area contributed by atoms with E-state index in [4.69, 9.17) is 10.5 Å². The third kappa shape index (κ3) is 6.22. The van der Waals surface area contributed by atoms with Crippen LogP contribution in [0.5, 0.6) is 5.75 Å². The first-order chi connectivity index (χ1) is 11.2. The minimum absolute atomic E-state index is 0. The van der Waals surface area contributed by atoms with Crippen LogP contribution in [-0.4, -0.2) is 12.5 Å². The lowest BCUT2D eigenvalue weighted by Crippen LogP contribution is -2.22. The van der Waals surface area contributed by atoms with E-state index in [-0.39, 0.29) is 18.3 Å². The topological polar surface area (TPSA) is 64.3 Å². The second kappa shape index (κ2) is 10.7. The highest BCUT2D eigenvalue weighted by molar-refractivity contribution is 5.94. The molecular weight excluding hydrogens is 324 g/mol. The number of benzene rings is 2. The summed E-state index contributed by atoms with van der Waals surface area (Å²) in [7, 11) is 0. The second-order valence-corrected chi connectivity index (χ2v) is 5.43. The normalized spacial score (nSPS) is 9.92. The van der Waals surface area contributed by atoms with Gasteiger partial charge in [0.25, 0.3) is 5.91 Å². The van der Waals surface area contributed by atoms with E-state index in [2.05, 4.69) is 12.2 Å². The monoisotopic (exact) mass is 348 g/mol. The van der Waals surface area contributed by atoms with Crippen LogP contribution in [0.2, 0.25) is 0 Å². The van der Waals surface area contributed by atoms with Gasteiger partial charge in [0.1, 0.15) is 5.75 Å². The molecule has 0 spiro atoms. The molecule has 4 nitrogen and oxygen atoms in total. The largest absolute Gasteiger partial charge is 0.494 e. The maximum atomic E-state index is 12.1. The zero-order valence-corrected chi connectivity index (χ0v) is 14.8. The third-order valence-electron chi connectivity index (χ3n) is 3.57. The average Bonchev–Trinajstić information content (AvgIpc) is 2.60. The molecule has 2 rings (SSSR count). The Morgan fingerprint density at radius 3 is 2.54 bits per heavy atom. The zero-order valence-electron chi connectivity index (χ0n) is 14.0. The van der Waals surface area contributed by atoms with E-state index in [1.165, 1.54) is 0 Å². The van der Waals surface area contributed by atoms with Gasteiger partial charge in [0.15, 0.2) is 0 Å². The van der Waals surface area contributed by atoms with Crippen LogP contribution in [0.3, 0.4) is 0 Å². The Hall–Kier alpha value is -2.04. The van der Waals surface area contributed by atoms with E-state index in [1.807, 2.05) is 36.4 Å². The van der Waals surface area contributed by atoms with Crippen LogP contribution in [0.25, 0.3) is 0 Å². The van der Waals surface area contributed by atoms with Gasteiger partial charge in [-0.05, 0) is 41.8 Å². The van der Waals surface area contributed by atoms with Crippen molar-refractivity contribution in [2.45, 2.75) is 32.9 Å². The van der Waals surface area contributed by atoms with Crippen molar-refractivity contribution in [2.24, 2.45) is 5.73 Å². The molecule has 130 valence electrons. The van der Waals surface area contributed by atoms with Gasteiger partial charge in [0.05, 0.1) is 6.61 Å². The number of amides is 1. The predicted octanol–water partition coefficient (Wildman–Crippen LogP) is 3.68. The van der Waals surface area contributed by atoms with Crippen molar-refractivity contribution in [1.29, 1.82) is 0 Å². The van der Waals surface area contributed by atoms with E-state index in [1.54, 1.807) is 12.1 Å². The lowest BCUT2D eigenvalue weighted by molar-refractivity contribution is 0.0951. The number of unbranched alkanes of at least 4 members (excludes halogenated alkanes) is 1. The Balaban J connectivity index is 0.00000288. The van der Waals surface area contributed by atoms with Crippen LogP contribution in [-0.2, 0) is 13.1 Å². The fourth-order valence-electron chi connectivity index (χ4n) is 2.16. The van der Waals surface area contributed by atoms with Gasteiger partial charge in [-0.15, -0.1) is 12.4 Å². The Kier molecular flexibility index (Phi) is 8.90. The summed E-state index contributed by atoms with van der Waals surface area (Å²) in [5.74, 6) is 0.753. The van der Waals surface area contributed by atoms with Crippen LogP contribution in [0, 0.1) is 0 Å². The molecule has 0 aliphatic heterocycles. The molecule has 24 heavy (non-hydrogen) atoms. The van der Waals surface area contributed by atoms with Gasteiger partial charge in [0.2, 0.25) is 0 Å². The van der Waals surface area contributed by atoms with Gasteiger partial charge in [-0.2, -0.15) is 0 Å². The molecule has 0 fully saturated rings. The summed E-state index contributed by atoms with van der Waals surface area (Å²) in [6, 6.07) is 15.2. The molecule has 0 heterocycles. The number of carbonyl (C=O) groups is 1. The molecule has 3 N–H and O–H groups in total. The molecule has 0 aliphatic carbocycles.